The first kappa shape index (κ1) is 12.6. The number of hydrogen-bond donors (Lipinski definition) is 0. The molecule has 0 aliphatic carbocycles. The second kappa shape index (κ2) is 5.30. The van der Waals surface area contributed by atoms with E-state index >= 15 is 0 Å². The van der Waals surface area contributed by atoms with Crippen LogP contribution in [-0.4, -0.2) is 19.7 Å². The van der Waals surface area contributed by atoms with Crippen LogP contribution in [0.3, 0.4) is 0 Å². The molecule has 0 aliphatic rings. The van der Waals surface area contributed by atoms with Crippen LogP contribution in [0.1, 0.15) is 5.56 Å². The van der Waals surface area contributed by atoms with E-state index < -0.39 is 0 Å². The molecule has 2 aromatic heterocycles. The van der Waals surface area contributed by atoms with Gasteiger partial charge in [0, 0.05) is 17.3 Å². The van der Waals surface area contributed by atoms with Crippen LogP contribution in [0.2, 0.25) is 0 Å². The fourth-order valence-corrected chi connectivity index (χ4v) is 2.97. The highest BCUT2D eigenvalue weighted by Crippen LogP contribution is 2.27. The first-order valence-electron chi connectivity index (χ1n) is 5.74. The molecule has 0 bridgehead atoms. The predicted molar refractivity (Wildman–Crippen MR) is 80.0 cm³/mol. The zero-order chi connectivity index (χ0) is 13.2. The number of aromatic nitrogens is 4. The molecule has 6 heteroatoms. The topological polar surface area (TPSA) is 43.6 Å². The zero-order valence-electron chi connectivity index (χ0n) is 10.2. The van der Waals surface area contributed by atoms with Gasteiger partial charge in [0.15, 0.2) is 5.65 Å². The van der Waals surface area contributed by atoms with Crippen molar-refractivity contribution in [3.63, 3.8) is 0 Å². The molecular weight excluding hydrogens is 324 g/mol. The average molecular weight is 335 g/mol. The van der Waals surface area contributed by atoms with E-state index in [9.17, 15) is 0 Å². The summed E-state index contributed by atoms with van der Waals surface area (Å²) in [4.78, 5) is 8.58. The zero-order valence-corrected chi connectivity index (χ0v) is 12.6. The Balaban J connectivity index is 1.83. The lowest BCUT2D eigenvalue weighted by Gasteiger charge is -2.02. The van der Waals surface area contributed by atoms with Gasteiger partial charge < -0.3 is 0 Å². The predicted octanol–water partition coefficient (Wildman–Crippen LogP) is 3.42. The van der Waals surface area contributed by atoms with Gasteiger partial charge in [-0.3, -0.25) is 4.68 Å². The molecular formula is C13H11BrN4S. The van der Waals surface area contributed by atoms with Crippen LogP contribution in [0.25, 0.3) is 11.0 Å². The molecule has 0 amide bonds. The summed E-state index contributed by atoms with van der Waals surface area (Å²) < 4.78 is 2.86. The molecule has 3 rings (SSSR count). The third-order valence-corrected chi connectivity index (χ3v) is 4.39. The molecule has 0 N–H and O–H groups in total. The van der Waals surface area contributed by atoms with E-state index in [2.05, 4.69) is 55.3 Å². The van der Waals surface area contributed by atoms with Crippen molar-refractivity contribution in [3.8, 4) is 0 Å². The highest BCUT2D eigenvalue weighted by molar-refractivity contribution is 9.10. The summed E-state index contributed by atoms with van der Waals surface area (Å²) in [6.07, 6.45) is 3.41. The summed E-state index contributed by atoms with van der Waals surface area (Å²) in [5.41, 5.74) is 2.14. The minimum absolute atomic E-state index is 0.869. The third-order valence-electron chi connectivity index (χ3n) is 2.78. The fourth-order valence-electron chi connectivity index (χ4n) is 1.79. The van der Waals surface area contributed by atoms with E-state index in [1.165, 1.54) is 5.56 Å². The van der Waals surface area contributed by atoms with Gasteiger partial charge in [0.1, 0.15) is 11.4 Å². The number of hydrogen-bond acceptors (Lipinski definition) is 4. The number of thioether (sulfide) groups is 1. The monoisotopic (exact) mass is 334 g/mol. The smallest absolute Gasteiger partial charge is 0.162 e. The molecule has 0 spiro atoms. The fraction of sp³-hybridized carbons (Fsp3) is 0.154. The lowest BCUT2D eigenvalue weighted by atomic mass is 10.2. The van der Waals surface area contributed by atoms with Crippen LogP contribution in [0.5, 0.6) is 0 Å². The number of fused-ring (bicyclic) bond motifs is 1. The second-order valence-electron chi connectivity index (χ2n) is 4.10. The summed E-state index contributed by atoms with van der Waals surface area (Å²) in [7, 11) is 1.89. The van der Waals surface area contributed by atoms with E-state index in [0.717, 1.165) is 26.3 Å². The van der Waals surface area contributed by atoms with Crippen molar-refractivity contribution in [3.05, 3.63) is 46.8 Å². The molecule has 0 saturated heterocycles. The summed E-state index contributed by atoms with van der Waals surface area (Å²) in [5.74, 6) is 0.883. The molecule has 0 unspecified atom stereocenters. The Kier molecular flexibility index (Phi) is 3.52. The van der Waals surface area contributed by atoms with Crippen LogP contribution in [0.4, 0.5) is 0 Å². The van der Waals surface area contributed by atoms with Crippen molar-refractivity contribution >= 4 is 38.7 Å². The minimum atomic E-state index is 0.869. The van der Waals surface area contributed by atoms with E-state index in [1.54, 1.807) is 22.8 Å². The molecule has 0 saturated carbocycles. The van der Waals surface area contributed by atoms with Crippen molar-refractivity contribution in [1.82, 2.24) is 19.7 Å². The highest BCUT2D eigenvalue weighted by Gasteiger charge is 2.08. The summed E-state index contributed by atoms with van der Waals surface area (Å²) in [6, 6.07) is 8.32. The summed E-state index contributed by atoms with van der Waals surface area (Å²) in [6.45, 7) is 0. The average Bonchev–Trinajstić information content (AvgIpc) is 2.81. The number of rotatable bonds is 3. The maximum atomic E-state index is 4.34. The highest BCUT2D eigenvalue weighted by atomic mass is 79.9. The van der Waals surface area contributed by atoms with Crippen molar-refractivity contribution in [2.75, 3.05) is 0 Å². The quantitative estimate of drug-likeness (QED) is 0.543. The number of aryl methyl sites for hydroxylation is 1. The molecule has 2 heterocycles. The number of halogens is 1. The van der Waals surface area contributed by atoms with E-state index in [-0.39, 0.29) is 0 Å². The van der Waals surface area contributed by atoms with Gasteiger partial charge in [-0.2, -0.15) is 5.10 Å². The Morgan fingerprint density at radius 3 is 2.79 bits per heavy atom. The molecule has 0 fully saturated rings. The first-order valence-corrected chi connectivity index (χ1v) is 7.52. The Morgan fingerprint density at radius 2 is 2.00 bits per heavy atom. The molecule has 1 aromatic carbocycles. The van der Waals surface area contributed by atoms with Crippen LogP contribution in [0, 0.1) is 0 Å². The molecule has 0 aliphatic heterocycles. The van der Waals surface area contributed by atoms with Gasteiger partial charge in [0.05, 0.1) is 11.6 Å². The minimum Gasteiger partial charge on any atom is -0.250 e. The third kappa shape index (κ3) is 2.64. The van der Waals surface area contributed by atoms with Crippen molar-refractivity contribution in [2.45, 2.75) is 10.8 Å². The Hall–Kier alpha value is -1.40. The van der Waals surface area contributed by atoms with Gasteiger partial charge in [-0.05, 0) is 17.7 Å². The normalized spacial score (nSPS) is 11.1. The first-order chi connectivity index (χ1) is 9.24. The summed E-state index contributed by atoms with van der Waals surface area (Å²) in [5, 5.41) is 6.20. The van der Waals surface area contributed by atoms with Gasteiger partial charge in [-0.15, -0.1) is 11.8 Å². The molecule has 19 heavy (non-hydrogen) atoms. The Labute approximate surface area is 123 Å². The van der Waals surface area contributed by atoms with Crippen LogP contribution in [0.15, 0.2) is 46.3 Å². The maximum absolute atomic E-state index is 4.34. The van der Waals surface area contributed by atoms with Crippen molar-refractivity contribution < 1.29 is 0 Å². The molecule has 96 valence electrons. The van der Waals surface area contributed by atoms with E-state index in [4.69, 9.17) is 0 Å². The number of benzene rings is 1. The Morgan fingerprint density at radius 1 is 1.21 bits per heavy atom. The van der Waals surface area contributed by atoms with Gasteiger partial charge in [0.25, 0.3) is 0 Å². The van der Waals surface area contributed by atoms with Crippen molar-refractivity contribution in [2.24, 2.45) is 7.05 Å². The van der Waals surface area contributed by atoms with Gasteiger partial charge in [-0.1, -0.05) is 28.1 Å². The molecule has 3 aromatic rings. The summed E-state index contributed by atoms with van der Waals surface area (Å²) >= 11 is 5.14. The van der Waals surface area contributed by atoms with Gasteiger partial charge in [0.2, 0.25) is 0 Å². The second-order valence-corrected chi connectivity index (χ2v) is 5.98. The standard InChI is InChI=1S/C13H11BrN4S/c1-18-12-11(6-17-18)13(16-8-15-12)19-7-9-2-4-10(14)5-3-9/h2-6,8H,7H2,1H3. The number of nitrogens with zero attached hydrogens (tertiary/aromatic N) is 4. The van der Waals surface area contributed by atoms with Crippen LogP contribution < -0.4 is 0 Å². The molecule has 0 atom stereocenters. The maximum Gasteiger partial charge on any atom is 0.162 e. The lowest BCUT2D eigenvalue weighted by molar-refractivity contribution is 0.784. The van der Waals surface area contributed by atoms with Gasteiger partial charge >= 0.3 is 0 Å². The molecule has 4 nitrogen and oxygen atoms in total. The Bertz CT molecular complexity index is 708. The van der Waals surface area contributed by atoms with E-state index in [1.807, 2.05) is 13.2 Å². The largest absolute Gasteiger partial charge is 0.250 e. The van der Waals surface area contributed by atoms with E-state index in [0.29, 0.717) is 0 Å². The van der Waals surface area contributed by atoms with Crippen LogP contribution >= 0.6 is 27.7 Å². The van der Waals surface area contributed by atoms with Gasteiger partial charge in [-0.25, -0.2) is 9.97 Å². The SMILES string of the molecule is Cn1ncc2c(SCc3ccc(Br)cc3)ncnc21. The van der Waals surface area contributed by atoms with Crippen molar-refractivity contribution in [1.29, 1.82) is 0 Å². The molecule has 0 radical (unpaired) electrons. The van der Waals surface area contributed by atoms with Crippen LogP contribution in [-0.2, 0) is 12.8 Å². The lowest BCUT2D eigenvalue weighted by Crippen LogP contribution is -1.92.